The fraction of sp³-hybridized carbons (Fsp3) is 0.524. The summed E-state index contributed by atoms with van der Waals surface area (Å²) in [4.78, 5) is 13.2. The SMILES string of the molecule is CN1CCC[C@H]1c1cncc(Br)c1.Cc1cncc([C@@H]2CCCN2C)c1. The van der Waals surface area contributed by atoms with Gasteiger partial charge in [-0.3, -0.25) is 19.8 Å². The Balaban J connectivity index is 0.000000151. The summed E-state index contributed by atoms with van der Waals surface area (Å²) in [5, 5.41) is 0. The molecule has 2 aliphatic rings. The minimum atomic E-state index is 0.574. The van der Waals surface area contributed by atoms with Gasteiger partial charge in [-0.15, -0.1) is 0 Å². The first-order chi connectivity index (χ1) is 12.5. The number of aromatic nitrogens is 2. The predicted octanol–water partition coefficient (Wildman–Crippen LogP) is 4.77. The summed E-state index contributed by atoms with van der Waals surface area (Å²) in [5.74, 6) is 0. The van der Waals surface area contributed by atoms with Gasteiger partial charge < -0.3 is 0 Å². The lowest BCUT2D eigenvalue weighted by molar-refractivity contribution is 0.317. The molecule has 4 rings (SSSR count). The van der Waals surface area contributed by atoms with Gasteiger partial charge >= 0.3 is 0 Å². The molecule has 0 N–H and O–H groups in total. The highest BCUT2D eigenvalue weighted by atomic mass is 79.9. The van der Waals surface area contributed by atoms with Gasteiger partial charge in [-0.05, 0) is 98.5 Å². The van der Waals surface area contributed by atoms with Crippen LogP contribution in [-0.4, -0.2) is 47.0 Å². The molecule has 4 nitrogen and oxygen atoms in total. The fourth-order valence-corrected chi connectivity index (χ4v) is 4.42. The largest absolute Gasteiger partial charge is 0.299 e. The lowest BCUT2D eigenvalue weighted by Crippen LogP contribution is -2.17. The van der Waals surface area contributed by atoms with Crippen LogP contribution in [0.3, 0.4) is 0 Å². The summed E-state index contributed by atoms with van der Waals surface area (Å²) >= 11 is 3.45. The molecule has 0 unspecified atom stereocenters. The van der Waals surface area contributed by atoms with E-state index >= 15 is 0 Å². The topological polar surface area (TPSA) is 32.3 Å². The molecule has 5 heteroatoms. The quantitative estimate of drug-likeness (QED) is 0.705. The Hall–Kier alpha value is -1.30. The van der Waals surface area contributed by atoms with Crippen LogP contribution in [0.25, 0.3) is 0 Å². The van der Waals surface area contributed by atoms with E-state index in [4.69, 9.17) is 0 Å². The summed E-state index contributed by atoms with van der Waals surface area (Å²) in [5.41, 5.74) is 3.96. The number of hydrogen-bond acceptors (Lipinski definition) is 4. The number of rotatable bonds is 2. The third-order valence-electron chi connectivity index (χ3n) is 5.43. The van der Waals surface area contributed by atoms with E-state index in [9.17, 15) is 0 Å². The zero-order valence-electron chi connectivity index (χ0n) is 16.0. The van der Waals surface area contributed by atoms with Gasteiger partial charge in [-0.2, -0.15) is 0 Å². The molecule has 2 fully saturated rings. The van der Waals surface area contributed by atoms with Crippen LogP contribution in [0.5, 0.6) is 0 Å². The normalized spacial score (nSPS) is 23.7. The van der Waals surface area contributed by atoms with E-state index < -0.39 is 0 Å². The minimum absolute atomic E-state index is 0.574. The molecule has 2 atom stereocenters. The van der Waals surface area contributed by atoms with Gasteiger partial charge in [0.05, 0.1) is 0 Å². The van der Waals surface area contributed by atoms with E-state index in [1.165, 1.54) is 55.5 Å². The molecule has 0 radical (unpaired) electrons. The van der Waals surface area contributed by atoms with Crippen molar-refractivity contribution in [1.82, 2.24) is 19.8 Å². The average Bonchev–Trinajstić information content (AvgIpc) is 3.24. The lowest BCUT2D eigenvalue weighted by atomic mass is 10.1. The Morgan fingerprint density at radius 3 is 1.85 bits per heavy atom. The third kappa shape index (κ3) is 4.90. The van der Waals surface area contributed by atoms with Gasteiger partial charge in [-0.1, -0.05) is 6.07 Å². The minimum Gasteiger partial charge on any atom is -0.299 e. The number of halogens is 1. The van der Waals surface area contributed by atoms with Crippen molar-refractivity contribution in [2.45, 2.75) is 44.7 Å². The monoisotopic (exact) mass is 416 g/mol. The smallest absolute Gasteiger partial charge is 0.0410 e. The highest BCUT2D eigenvalue weighted by Gasteiger charge is 2.23. The lowest BCUT2D eigenvalue weighted by Gasteiger charge is -2.19. The maximum Gasteiger partial charge on any atom is 0.0410 e. The summed E-state index contributed by atoms with van der Waals surface area (Å²) < 4.78 is 1.07. The van der Waals surface area contributed by atoms with Crippen molar-refractivity contribution in [1.29, 1.82) is 0 Å². The van der Waals surface area contributed by atoms with Gasteiger partial charge in [0.15, 0.2) is 0 Å². The number of pyridine rings is 2. The van der Waals surface area contributed by atoms with Crippen molar-refractivity contribution in [3.63, 3.8) is 0 Å². The molecular formula is C21H29BrN4. The van der Waals surface area contributed by atoms with Gasteiger partial charge in [0.25, 0.3) is 0 Å². The van der Waals surface area contributed by atoms with Gasteiger partial charge in [0.2, 0.25) is 0 Å². The summed E-state index contributed by atoms with van der Waals surface area (Å²) in [6.45, 7) is 4.53. The summed E-state index contributed by atoms with van der Waals surface area (Å²) in [6, 6.07) is 5.59. The van der Waals surface area contributed by atoms with Gasteiger partial charge in [0.1, 0.15) is 0 Å². The van der Waals surface area contributed by atoms with Crippen LogP contribution in [0.1, 0.15) is 54.5 Å². The van der Waals surface area contributed by atoms with E-state index in [2.05, 4.69) is 68.8 Å². The first-order valence-electron chi connectivity index (χ1n) is 9.47. The average molecular weight is 417 g/mol. The molecule has 2 aliphatic heterocycles. The van der Waals surface area contributed by atoms with Crippen LogP contribution in [-0.2, 0) is 0 Å². The predicted molar refractivity (Wildman–Crippen MR) is 110 cm³/mol. The zero-order valence-corrected chi connectivity index (χ0v) is 17.6. The molecule has 26 heavy (non-hydrogen) atoms. The Morgan fingerprint density at radius 2 is 1.38 bits per heavy atom. The van der Waals surface area contributed by atoms with Crippen LogP contribution in [0.4, 0.5) is 0 Å². The van der Waals surface area contributed by atoms with E-state index in [-0.39, 0.29) is 0 Å². The summed E-state index contributed by atoms with van der Waals surface area (Å²) in [7, 11) is 4.37. The van der Waals surface area contributed by atoms with E-state index in [0.717, 1.165) is 4.47 Å². The molecule has 0 saturated carbocycles. The number of nitrogens with zero attached hydrogens (tertiary/aromatic N) is 4. The maximum atomic E-state index is 4.24. The van der Waals surface area contributed by atoms with Gasteiger partial charge in [-0.25, -0.2) is 0 Å². The molecule has 2 aromatic rings. The van der Waals surface area contributed by atoms with Crippen molar-refractivity contribution in [3.8, 4) is 0 Å². The van der Waals surface area contributed by atoms with Crippen molar-refractivity contribution < 1.29 is 0 Å². The van der Waals surface area contributed by atoms with E-state index in [1.807, 2.05) is 24.8 Å². The van der Waals surface area contributed by atoms with Crippen LogP contribution < -0.4 is 0 Å². The second-order valence-corrected chi connectivity index (χ2v) is 8.43. The van der Waals surface area contributed by atoms with E-state index in [0.29, 0.717) is 12.1 Å². The van der Waals surface area contributed by atoms with Crippen molar-refractivity contribution in [2.24, 2.45) is 0 Å². The van der Waals surface area contributed by atoms with E-state index in [1.54, 1.807) is 0 Å². The number of hydrogen-bond donors (Lipinski definition) is 0. The molecule has 2 aromatic heterocycles. The number of aryl methyl sites for hydroxylation is 1. The maximum absolute atomic E-state index is 4.24. The molecule has 140 valence electrons. The highest BCUT2D eigenvalue weighted by Crippen LogP contribution is 2.31. The Labute approximate surface area is 165 Å². The van der Waals surface area contributed by atoms with Crippen LogP contribution in [0.2, 0.25) is 0 Å². The first-order valence-corrected chi connectivity index (χ1v) is 10.3. The molecule has 0 amide bonds. The second-order valence-electron chi connectivity index (χ2n) is 7.51. The van der Waals surface area contributed by atoms with Crippen LogP contribution in [0, 0.1) is 6.92 Å². The van der Waals surface area contributed by atoms with Crippen molar-refractivity contribution >= 4 is 15.9 Å². The highest BCUT2D eigenvalue weighted by molar-refractivity contribution is 9.10. The Morgan fingerprint density at radius 1 is 0.846 bits per heavy atom. The standard InChI is InChI=1S/C11H16N2.C10H13BrN2/c1-9-6-10(8-12-7-9)11-4-3-5-13(11)2;1-13-4-2-3-10(13)8-5-9(11)7-12-6-8/h6-8,11H,3-5H2,1-2H3;5-7,10H,2-4H2,1H3/t11-;10-/m00/s1. The van der Waals surface area contributed by atoms with Crippen molar-refractivity contribution in [3.05, 3.63) is 58.1 Å². The molecule has 0 aliphatic carbocycles. The molecule has 2 saturated heterocycles. The molecule has 4 heterocycles. The Bertz CT molecular complexity index is 659. The van der Waals surface area contributed by atoms with Crippen LogP contribution in [0.15, 0.2) is 41.4 Å². The van der Waals surface area contributed by atoms with Gasteiger partial charge in [0, 0.05) is 41.3 Å². The molecule has 0 bridgehead atoms. The third-order valence-corrected chi connectivity index (χ3v) is 5.87. The molecular weight excluding hydrogens is 388 g/mol. The number of likely N-dealkylation sites (tertiary alicyclic amines) is 2. The van der Waals surface area contributed by atoms with Crippen LogP contribution >= 0.6 is 15.9 Å². The van der Waals surface area contributed by atoms with Crippen molar-refractivity contribution in [2.75, 3.05) is 27.2 Å². The zero-order chi connectivity index (χ0) is 18.5. The Kier molecular flexibility index (Phi) is 6.79. The second kappa shape index (κ2) is 9.07. The fourth-order valence-electron chi connectivity index (χ4n) is 4.03. The first kappa shape index (κ1) is 19.5. The molecule has 0 spiro atoms. The summed E-state index contributed by atoms with van der Waals surface area (Å²) in [6.07, 6.45) is 12.9. The molecule has 0 aromatic carbocycles.